The van der Waals surface area contributed by atoms with Gasteiger partial charge in [-0.2, -0.15) is 0 Å². The van der Waals surface area contributed by atoms with E-state index in [-0.39, 0.29) is 12.1 Å². The average molecular weight is 320 g/mol. The largest absolute Gasteiger partial charge is 0.326 e. The molecule has 1 fully saturated rings. The Morgan fingerprint density at radius 1 is 1.37 bits per heavy atom. The molecule has 2 heterocycles. The third-order valence-corrected chi connectivity index (χ3v) is 4.69. The Morgan fingerprint density at radius 3 is 3.00 bits per heavy atom. The zero-order chi connectivity index (χ0) is 13.4. The number of hydrogen-bond donors (Lipinski definition) is 1. The van der Waals surface area contributed by atoms with Gasteiger partial charge in [0.15, 0.2) is 0 Å². The number of likely N-dealkylation sites (tertiary alicyclic amines) is 1. The molecule has 1 aromatic carbocycles. The third kappa shape index (κ3) is 2.29. The summed E-state index contributed by atoms with van der Waals surface area (Å²) < 4.78 is 1.09. The molecule has 1 saturated heterocycles. The van der Waals surface area contributed by atoms with Crippen LogP contribution >= 0.6 is 15.9 Å². The highest BCUT2D eigenvalue weighted by Crippen LogP contribution is 2.35. The molecule has 2 atom stereocenters. The second kappa shape index (κ2) is 5.19. The van der Waals surface area contributed by atoms with E-state index in [4.69, 9.17) is 5.73 Å². The van der Waals surface area contributed by atoms with Crippen molar-refractivity contribution < 1.29 is 0 Å². The van der Waals surface area contributed by atoms with Crippen LogP contribution in [0.25, 0.3) is 10.9 Å². The number of likely N-dealkylation sites (N-methyl/N-ethyl adjacent to an activating group) is 1. The lowest BCUT2D eigenvalue weighted by atomic mass is 9.90. The van der Waals surface area contributed by atoms with Gasteiger partial charge in [0.25, 0.3) is 0 Å². The number of nitrogens with two attached hydrogens (primary N) is 1. The van der Waals surface area contributed by atoms with E-state index in [2.05, 4.69) is 51.1 Å². The lowest BCUT2D eigenvalue weighted by Gasteiger charge is -2.38. The fourth-order valence-electron chi connectivity index (χ4n) is 3.07. The van der Waals surface area contributed by atoms with Crippen LogP contribution in [-0.4, -0.2) is 29.5 Å². The summed E-state index contributed by atoms with van der Waals surface area (Å²) in [5.41, 5.74) is 8.65. The van der Waals surface area contributed by atoms with Crippen LogP contribution in [0.1, 0.15) is 24.4 Å². The van der Waals surface area contributed by atoms with Crippen LogP contribution in [0, 0.1) is 0 Å². The summed E-state index contributed by atoms with van der Waals surface area (Å²) in [5, 5.41) is 1.16. The summed E-state index contributed by atoms with van der Waals surface area (Å²) in [7, 11) is 2.15. The monoisotopic (exact) mass is 319 g/mol. The van der Waals surface area contributed by atoms with Crippen molar-refractivity contribution in [1.82, 2.24) is 9.88 Å². The molecule has 0 bridgehead atoms. The van der Waals surface area contributed by atoms with Crippen LogP contribution in [0.5, 0.6) is 0 Å². The predicted molar refractivity (Wildman–Crippen MR) is 82.0 cm³/mol. The first-order valence-electron chi connectivity index (χ1n) is 6.67. The molecule has 2 N–H and O–H groups in total. The second-order valence-corrected chi connectivity index (χ2v) is 6.12. The number of benzene rings is 1. The normalized spacial score (nSPS) is 24.8. The van der Waals surface area contributed by atoms with Gasteiger partial charge in [-0.1, -0.05) is 28.1 Å². The van der Waals surface area contributed by atoms with Gasteiger partial charge in [-0.15, -0.1) is 0 Å². The fraction of sp³-hybridized carbons (Fsp3) is 0.400. The number of hydrogen-bond acceptors (Lipinski definition) is 3. The highest BCUT2D eigenvalue weighted by Gasteiger charge is 2.29. The first kappa shape index (κ1) is 13.0. The summed E-state index contributed by atoms with van der Waals surface area (Å²) in [6.45, 7) is 1.10. The number of nitrogens with zero attached hydrogens (tertiary/aromatic N) is 2. The van der Waals surface area contributed by atoms with Crippen LogP contribution in [0.3, 0.4) is 0 Å². The molecule has 2 aromatic rings. The molecule has 100 valence electrons. The molecule has 2 unspecified atom stereocenters. The molecule has 0 saturated carbocycles. The molecule has 0 amide bonds. The number of halogens is 1. The number of piperidine rings is 1. The lowest BCUT2D eigenvalue weighted by Crippen LogP contribution is -2.44. The standard InChI is InChI=1S/C15H18BrN3/c1-19-9-3-5-13(17)15(19)11-6-7-12(16)10-4-2-8-18-14(10)11/h2,4,6-8,13,15H,3,5,9,17H2,1H3. The van der Waals surface area contributed by atoms with Gasteiger partial charge >= 0.3 is 0 Å². The highest BCUT2D eigenvalue weighted by molar-refractivity contribution is 9.10. The lowest BCUT2D eigenvalue weighted by molar-refractivity contribution is 0.164. The van der Waals surface area contributed by atoms with E-state index in [1.165, 1.54) is 12.0 Å². The third-order valence-electron chi connectivity index (χ3n) is 4.00. The molecule has 3 rings (SSSR count). The fourth-order valence-corrected chi connectivity index (χ4v) is 3.52. The maximum absolute atomic E-state index is 6.35. The van der Waals surface area contributed by atoms with Gasteiger partial charge in [0.1, 0.15) is 0 Å². The van der Waals surface area contributed by atoms with Gasteiger partial charge in [-0.25, -0.2) is 0 Å². The maximum atomic E-state index is 6.35. The minimum absolute atomic E-state index is 0.185. The molecule has 19 heavy (non-hydrogen) atoms. The van der Waals surface area contributed by atoms with E-state index < -0.39 is 0 Å². The minimum atomic E-state index is 0.185. The minimum Gasteiger partial charge on any atom is -0.326 e. The molecular formula is C15H18BrN3. The summed E-state index contributed by atoms with van der Waals surface area (Å²) in [4.78, 5) is 6.93. The zero-order valence-corrected chi connectivity index (χ0v) is 12.6. The molecule has 1 aromatic heterocycles. The Bertz CT molecular complexity index is 589. The molecule has 4 heteroatoms. The van der Waals surface area contributed by atoms with Crippen molar-refractivity contribution in [3.8, 4) is 0 Å². The second-order valence-electron chi connectivity index (χ2n) is 5.27. The van der Waals surface area contributed by atoms with E-state index in [0.29, 0.717) is 0 Å². The first-order valence-corrected chi connectivity index (χ1v) is 7.47. The number of aromatic nitrogens is 1. The zero-order valence-electron chi connectivity index (χ0n) is 11.0. The average Bonchev–Trinajstić information content (AvgIpc) is 2.41. The molecule has 0 radical (unpaired) electrons. The van der Waals surface area contributed by atoms with Crippen LogP contribution in [-0.2, 0) is 0 Å². The molecule has 0 aliphatic carbocycles. The van der Waals surface area contributed by atoms with Gasteiger partial charge in [0.05, 0.1) is 11.6 Å². The van der Waals surface area contributed by atoms with Gasteiger partial charge in [0.2, 0.25) is 0 Å². The van der Waals surface area contributed by atoms with Crippen molar-refractivity contribution in [2.75, 3.05) is 13.6 Å². The van der Waals surface area contributed by atoms with Crippen LogP contribution in [0.4, 0.5) is 0 Å². The summed E-state index contributed by atoms with van der Waals surface area (Å²) in [6.07, 6.45) is 4.11. The molecular weight excluding hydrogens is 302 g/mol. The first-order chi connectivity index (χ1) is 9.18. The van der Waals surface area contributed by atoms with Crippen LogP contribution in [0.2, 0.25) is 0 Å². The van der Waals surface area contributed by atoms with E-state index in [1.807, 2.05) is 12.3 Å². The summed E-state index contributed by atoms with van der Waals surface area (Å²) in [6, 6.07) is 8.79. The molecule has 1 aliphatic rings. The Morgan fingerprint density at radius 2 is 2.21 bits per heavy atom. The van der Waals surface area contributed by atoms with Gasteiger partial charge in [0, 0.05) is 22.1 Å². The smallest absolute Gasteiger partial charge is 0.0761 e. The quantitative estimate of drug-likeness (QED) is 0.878. The van der Waals surface area contributed by atoms with E-state index in [9.17, 15) is 0 Å². The number of pyridine rings is 1. The van der Waals surface area contributed by atoms with Crippen LogP contribution in [0.15, 0.2) is 34.9 Å². The topological polar surface area (TPSA) is 42.1 Å². The number of fused-ring (bicyclic) bond motifs is 1. The predicted octanol–water partition coefficient (Wildman–Crippen LogP) is 3.09. The maximum Gasteiger partial charge on any atom is 0.0761 e. The van der Waals surface area contributed by atoms with Crippen molar-refractivity contribution >= 4 is 26.8 Å². The highest BCUT2D eigenvalue weighted by atomic mass is 79.9. The van der Waals surface area contributed by atoms with Gasteiger partial charge in [-0.3, -0.25) is 9.88 Å². The van der Waals surface area contributed by atoms with Crippen molar-refractivity contribution in [2.45, 2.75) is 24.9 Å². The molecule has 0 spiro atoms. The Kier molecular flexibility index (Phi) is 3.56. The van der Waals surface area contributed by atoms with Crippen molar-refractivity contribution in [3.63, 3.8) is 0 Å². The van der Waals surface area contributed by atoms with Crippen molar-refractivity contribution in [1.29, 1.82) is 0 Å². The summed E-state index contributed by atoms with van der Waals surface area (Å²) in [5.74, 6) is 0. The van der Waals surface area contributed by atoms with Crippen molar-refractivity contribution in [3.05, 3.63) is 40.5 Å². The van der Waals surface area contributed by atoms with Gasteiger partial charge in [-0.05, 0) is 44.1 Å². The Hall–Kier alpha value is -0.970. The van der Waals surface area contributed by atoms with E-state index in [0.717, 1.165) is 28.3 Å². The Labute approximate surface area is 121 Å². The van der Waals surface area contributed by atoms with E-state index in [1.54, 1.807) is 0 Å². The Balaban J connectivity index is 2.17. The van der Waals surface area contributed by atoms with Gasteiger partial charge < -0.3 is 5.73 Å². The number of rotatable bonds is 1. The molecule has 3 nitrogen and oxygen atoms in total. The van der Waals surface area contributed by atoms with Crippen LogP contribution < -0.4 is 5.73 Å². The SMILES string of the molecule is CN1CCCC(N)C1c1ccc(Br)c2cccnc12. The summed E-state index contributed by atoms with van der Waals surface area (Å²) >= 11 is 3.60. The van der Waals surface area contributed by atoms with E-state index >= 15 is 0 Å². The molecule has 1 aliphatic heterocycles. The van der Waals surface area contributed by atoms with Crippen molar-refractivity contribution in [2.24, 2.45) is 5.73 Å².